The summed E-state index contributed by atoms with van der Waals surface area (Å²) in [6.07, 6.45) is 1.38. The zero-order valence-electron chi connectivity index (χ0n) is 14.9. The van der Waals surface area contributed by atoms with E-state index in [0.29, 0.717) is 22.6 Å². The molecule has 3 amide bonds. The summed E-state index contributed by atoms with van der Waals surface area (Å²) in [5.74, 6) is -0.988. The van der Waals surface area contributed by atoms with Crippen molar-refractivity contribution < 1.29 is 18.7 Å². The highest BCUT2D eigenvalue weighted by atomic mass is 19.1. The second-order valence-electron chi connectivity index (χ2n) is 5.83. The Morgan fingerprint density at radius 3 is 2.72 bits per heavy atom. The molecule has 2 aromatic carbocycles. The number of nitriles is 1. The van der Waals surface area contributed by atoms with Gasteiger partial charge in [0, 0.05) is 5.56 Å². The third kappa shape index (κ3) is 4.30. The van der Waals surface area contributed by atoms with Gasteiger partial charge in [-0.05, 0) is 35.9 Å². The standard InChI is InChI=1S/C19H15FN6O3/c20-12-4-5-16(29-7-6-21)14(9-12)11-2-1-3-13(8-11)26-10-15(24-19(23)28)17(25-26)18(22)27/h1-5,8-10H,7H2,(H2,22,27)(H3,23,24,28). The molecule has 0 aliphatic heterocycles. The van der Waals surface area contributed by atoms with Crippen LogP contribution in [0.15, 0.2) is 48.7 Å². The number of aromatic nitrogens is 2. The van der Waals surface area contributed by atoms with Crippen LogP contribution in [0, 0.1) is 17.1 Å². The van der Waals surface area contributed by atoms with Gasteiger partial charge in [0.1, 0.15) is 17.6 Å². The van der Waals surface area contributed by atoms with Gasteiger partial charge in [-0.15, -0.1) is 0 Å². The highest BCUT2D eigenvalue weighted by Gasteiger charge is 2.17. The summed E-state index contributed by atoms with van der Waals surface area (Å²) in [6, 6.07) is 11.7. The highest BCUT2D eigenvalue weighted by Crippen LogP contribution is 2.32. The van der Waals surface area contributed by atoms with Crippen LogP contribution >= 0.6 is 0 Å². The minimum absolute atomic E-state index is 0.0548. The van der Waals surface area contributed by atoms with Gasteiger partial charge in [0.25, 0.3) is 5.91 Å². The van der Waals surface area contributed by atoms with E-state index < -0.39 is 17.8 Å². The van der Waals surface area contributed by atoms with Gasteiger partial charge in [0.15, 0.2) is 12.3 Å². The summed E-state index contributed by atoms with van der Waals surface area (Å²) in [5, 5.41) is 15.1. The maximum Gasteiger partial charge on any atom is 0.316 e. The van der Waals surface area contributed by atoms with Crippen molar-refractivity contribution in [3.05, 3.63) is 60.2 Å². The number of nitrogens with two attached hydrogens (primary N) is 2. The van der Waals surface area contributed by atoms with Crippen LogP contribution in [0.1, 0.15) is 10.5 Å². The number of carbonyl (C=O) groups is 2. The molecule has 0 fully saturated rings. The first-order valence-electron chi connectivity index (χ1n) is 8.25. The fourth-order valence-electron chi connectivity index (χ4n) is 2.69. The van der Waals surface area contributed by atoms with Crippen LogP contribution in [0.5, 0.6) is 5.75 Å². The molecule has 0 radical (unpaired) electrons. The van der Waals surface area contributed by atoms with Crippen molar-refractivity contribution in [1.29, 1.82) is 5.26 Å². The average Bonchev–Trinajstić information content (AvgIpc) is 3.10. The molecule has 3 rings (SSSR count). The first kappa shape index (κ1) is 19.4. The number of ether oxygens (including phenoxy) is 1. The van der Waals surface area contributed by atoms with Gasteiger partial charge in [0.2, 0.25) is 0 Å². The van der Waals surface area contributed by atoms with Crippen LogP contribution in [-0.2, 0) is 0 Å². The molecule has 0 atom stereocenters. The maximum absolute atomic E-state index is 13.8. The van der Waals surface area contributed by atoms with Gasteiger partial charge in [0.05, 0.1) is 17.6 Å². The van der Waals surface area contributed by atoms with E-state index >= 15 is 0 Å². The van der Waals surface area contributed by atoms with Crippen molar-refractivity contribution >= 4 is 17.6 Å². The monoisotopic (exact) mass is 394 g/mol. The summed E-state index contributed by atoms with van der Waals surface area (Å²) in [4.78, 5) is 22.7. The molecule has 0 unspecified atom stereocenters. The summed E-state index contributed by atoms with van der Waals surface area (Å²) in [7, 11) is 0. The minimum Gasteiger partial charge on any atom is -0.478 e. The molecule has 0 aliphatic carbocycles. The largest absolute Gasteiger partial charge is 0.478 e. The van der Waals surface area contributed by atoms with Gasteiger partial charge in [-0.1, -0.05) is 12.1 Å². The van der Waals surface area contributed by atoms with E-state index in [1.807, 2.05) is 6.07 Å². The first-order valence-corrected chi connectivity index (χ1v) is 8.25. The van der Waals surface area contributed by atoms with E-state index in [2.05, 4.69) is 10.4 Å². The molecule has 0 saturated heterocycles. The van der Waals surface area contributed by atoms with Crippen LogP contribution in [0.4, 0.5) is 14.9 Å². The number of amides is 3. The van der Waals surface area contributed by atoms with Crippen LogP contribution in [0.2, 0.25) is 0 Å². The van der Waals surface area contributed by atoms with E-state index in [4.69, 9.17) is 21.5 Å². The highest BCUT2D eigenvalue weighted by molar-refractivity contribution is 6.00. The van der Waals surface area contributed by atoms with Crippen molar-refractivity contribution in [1.82, 2.24) is 9.78 Å². The molecule has 0 spiro atoms. The van der Waals surface area contributed by atoms with E-state index in [0.717, 1.165) is 0 Å². The number of hydrogen-bond donors (Lipinski definition) is 3. The normalized spacial score (nSPS) is 10.2. The number of nitrogens with zero attached hydrogens (tertiary/aromatic N) is 3. The quantitative estimate of drug-likeness (QED) is 0.586. The van der Waals surface area contributed by atoms with Crippen molar-refractivity contribution in [3.8, 4) is 28.6 Å². The summed E-state index contributed by atoms with van der Waals surface area (Å²) in [6.45, 7) is -0.193. The van der Waals surface area contributed by atoms with Gasteiger partial charge < -0.3 is 21.5 Å². The fourth-order valence-corrected chi connectivity index (χ4v) is 2.69. The number of anilines is 1. The lowest BCUT2D eigenvalue weighted by Gasteiger charge is -2.11. The Bertz CT molecular complexity index is 1140. The van der Waals surface area contributed by atoms with Crippen molar-refractivity contribution in [2.45, 2.75) is 0 Å². The molecular formula is C19H15FN6O3. The van der Waals surface area contributed by atoms with Crippen LogP contribution in [-0.4, -0.2) is 28.3 Å². The third-order valence-corrected chi connectivity index (χ3v) is 3.86. The second kappa shape index (κ2) is 8.10. The van der Waals surface area contributed by atoms with Gasteiger partial charge in [-0.3, -0.25) is 4.79 Å². The summed E-state index contributed by atoms with van der Waals surface area (Å²) in [5.41, 5.74) is 11.8. The SMILES string of the molecule is N#CCOc1ccc(F)cc1-c1cccc(-n2cc(NC(N)=O)c(C(N)=O)n2)c1. The van der Waals surface area contributed by atoms with Crippen molar-refractivity contribution in [2.24, 2.45) is 11.5 Å². The topological polar surface area (TPSA) is 149 Å². The molecule has 146 valence electrons. The molecular weight excluding hydrogens is 379 g/mol. The molecule has 10 heteroatoms. The van der Waals surface area contributed by atoms with E-state index in [1.165, 1.54) is 29.1 Å². The number of halogens is 1. The third-order valence-electron chi connectivity index (χ3n) is 3.86. The Balaban J connectivity index is 2.06. The Labute approximate surface area is 164 Å². The fraction of sp³-hybridized carbons (Fsp3) is 0.0526. The molecule has 0 saturated carbocycles. The number of rotatable bonds is 6. The molecule has 9 nitrogen and oxygen atoms in total. The second-order valence-corrected chi connectivity index (χ2v) is 5.83. The van der Waals surface area contributed by atoms with Crippen LogP contribution in [0.3, 0.4) is 0 Å². The molecule has 3 aromatic rings. The number of carbonyl (C=O) groups excluding carboxylic acids is 2. The molecule has 29 heavy (non-hydrogen) atoms. The number of nitrogens with one attached hydrogen (secondary N) is 1. The van der Waals surface area contributed by atoms with Crippen molar-refractivity contribution in [3.63, 3.8) is 0 Å². The van der Waals surface area contributed by atoms with Gasteiger partial charge in [-0.25, -0.2) is 13.9 Å². The van der Waals surface area contributed by atoms with Gasteiger partial charge in [-0.2, -0.15) is 10.4 Å². The lowest BCUT2D eigenvalue weighted by Crippen LogP contribution is -2.22. The van der Waals surface area contributed by atoms with Crippen LogP contribution < -0.4 is 21.5 Å². The number of urea groups is 1. The molecule has 1 aromatic heterocycles. The molecule has 0 aliphatic rings. The molecule has 0 bridgehead atoms. The van der Waals surface area contributed by atoms with Crippen LogP contribution in [0.25, 0.3) is 16.8 Å². The molecule has 1 heterocycles. The lowest BCUT2D eigenvalue weighted by molar-refractivity contribution is 0.0996. The minimum atomic E-state index is -0.875. The van der Waals surface area contributed by atoms with E-state index in [9.17, 15) is 14.0 Å². The predicted molar refractivity (Wildman–Crippen MR) is 102 cm³/mol. The smallest absolute Gasteiger partial charge is 0.316 e. The Morgan fingerprint density at radius 1 is 1.24 bits per heavy atom. The molecule has 5 N–H and O–H groups in total. The Morgan fingerprint density at radius 2 is 2.03 bits per heavy atom. The van der Waals surface area contributed by atoms with Crippen molar-refractivity contribution in [2.75, 3.05) is 11.9 Å². The zero-order chi connectivity index (χ0) is 21.0. The number of primary amides is 2. The number of hydrogen-bond acceptors (Lipinski definition) is 5. The predicted octanol–water partition coefficient (Wildman–Crippen LogP) is 2.17. The summed E-state index contributed by atoms with van der Waals surface area (Å²) < 4.78 is 20.5. The van der Waals surface area contributed by atoms with E-state index in [1.54, 1.807) is 24.3 Å². The van der Waals surface area contributed by atoms with Gasteiger partial charge >= 0.3 is 6.03 Å². The Hall–Kier alpha value is -4.39. The lowest BCUT2D eigenvalue weighted by atomic mass is 10.0. The average molecular weight is 394 g/mol. The summed E-state index contributed by atoms with van der Waals surface area (Å²) >= 11 is 0. The van der Waals surface area contributed by atoms with E-state index in [-0.39, 0.29) is 18.0 Å². The maximum atomic E-state index is 13.8. The first-order chi connectivity index (χ1) is 13.9. The zero-order valence-corrected chi connectivity index (χ0v) is 14.9. The number of benzene rings is 2. The Kier molecular flexibility index (Phi) is 5.41.